The molecule has 1 atom stereocenters. The Labute approximate surface area is 128 Å². The molecular formula is C15H21NO2S2. The van der Waals surface area contributed by atoms with E-state index in [1.165, 1.54) is 18.6 Å². The molecule has 0 aromatic heterocycles. The van der Waals surface area contributed by atoms with E-state index in [1.807, 2.05) is 45.9 Å². The number of hydrogen-bond donors (Lipinski definition) is 1. The van der Waals surface area contributed by atoms with Crippen molar-refractivity contribution in [3.05, 3.63) is 24.3 Å². The van der Waals surface area contributed by atoms with Crippen LogP contribution in [0.4, 0.5) is 5.69 Å². The van der Waals surface area contributed by atoms with E-state index in [2.05, 4.69) is 5.32 Å². The summed E-state index contributed by atoms with van der Waals surface area (Å²) in [5.74, 6) is 2.06. The number of methoxy groups -OCH3 is 1. The lowest BCUT2D eigenvalue weighted by molar-refractivity contribution is -0.116. The third-order valence-electron chi connectivity index (χ3n) is 3.29. The molecule has 1 saturated heterocycles. The zero-order chi connectivity index (χ0) is 14.2. The normalized spacial score (nSPS) is 17.9. The van der Waals surface area contributed by atoms with Crippen molar-refractivity contribution in [1.82, 2.24) is 0 Å². The first-order chi connectivity index (χ1) is 9.79. The second kappa shape index (κ2) is 8.47. The molecule has 1 aromatic rings. The molecule has 0 unspecified atom stereocenters. The van der Waals surface area contributed by atoms with Gasteiger partial charge in [0.25, 0.3) is 0 Å². The highest BCUT2D eigenvalue weighted by atomic mass is 33.1. The molecule has 1 aliphatic rings. The van der Waals surface area contributed by atoms with Crippen LogP contribution in [0.1, 0.15) is 32.1 Å². The first-order valence-corrected chi connectivity index (χ1v) is 9.39. The highest BCUT2D eigenvalue weighted by Crippen LogP contribution is 2.39. The number of benzene rings is 1. The fourth-order valence-electron chi connectivity index (χ4n) is 2.18. The lowest BCUT2D eigenvalue weighted by Gasteiger charge is -2.10. The van der Waals surface area contributed by atoms with Gasteiger partial charge in [-0.25, -0.2) is 0 Å². The average molecular weight is 311 g/mol. The Morgan fingerprint density at radius 3 is 3.00 bits per heavy atom. The maximum atomic E-state index is 11.9. The minimum absolute atomic E-state index is 0.0722. The smallest absolute Gasteiger partial charge is 0.224 e. The molecule has 0 aliphatic carbocycles. The number of rotatable bonds is 7. The van der Waals surface area contributed by atoms with Gasteiger partial charge in [-0.3, -0.25) is 4.79 Å². The second-order valence-electron chi connectivity index (χ2n) is 4.82. The van der Waals surface area contributed by atoms with Gasteiger partial charge in [-0.05, 0) is 31.4 Å². The molecular weight excluding hydrogens is 290 g/mol. The first kappa shape index (κ1) is 15.6. The number of carbonyl (C=O) groups excluding carboxylic acids is 1. The largest absolute Gasteiger partial charge is 0.495 e. The van der Waals surface area contributed by atoms with Crippen LogP contribution in [0, 0.1) is 0 Å². The van der Waals surface area contributed by atoms with Crippen LogP contribution in [-0.2, 0) is 4.79 Å². The number of hydrogen-bond acceptors (Lipinski definition) is 4. The van der Waals surface area contributed by atoms with E-state index in [-0.39, 0.29) is 5.91 Å². The highest BCUT2D eigenvalue weighted by Gasteiger charge is 2.15. The molecule has 2 rings (SSSR count). The van der Waals surface area contributed by atoms with Crippen molar-refractivity contribution in [2.24, 2.45) is 0 Å². The Bertz CT molecular complexity index is 434. The monoisotopic (exact) mass is 311 g/mol. The third-order valence-corrected chi connectivity index (χ3v) is 6.30. The Balaban J connectivity index is 1.67. The Hall–Kier alpha value is -0.810. The summed E-state index contributed by atoms with van der Waals surface area (Å²) in [5.41, 5.74) is 0.753. The number of unbranched alkanes of at least 4 members (excludes halogenated alkanes) is 1. The fraction of sp³-hybridized carbons (Fsp3) is 0.533. The summed E-state index contributed by atoms with van der Waals surface area (Å²) in [6.45, 7) is 0. The summed E-state index contributed by atoms with van der Waals surface area (Å²) in [6, 6.07) is 7.51. The van der Waals surface area contributed by atoms with Crippen LogP contribution < -0.4 is 10.1 Å². The maximum absolute atomic E-state index is 11.9. The molecule has 1 aliphatic heterocycles. The zero-order valence-corrected chi connectivity index (χ0v) is 13.4. The molecule has 20 heavy (non-hydrogen) atoms. The molecule has 3 nitrogen and oxygen atoms in total. The minimum Gasteiger partial charge on any atom is -0.495 e. The van der Waals surface area contributed by atoms with Crippen molar-refractivity contribution in [2.75, 3.05) is 18.2 Å². The van der Waals surface area contributed by atoms with E-state index in [4.69, 9.17) is 4.74 Å². The van der Waals surface area contributed by atoms with Gasteiger partial charge in [0.05, 0.1) is 12.8 Å². The van der Waals surface area contributed by atoms with Gasteiger partial charge in [0, 0.05) is 17.4 Å². The zero-order valence-electron chi connectivity index (χ0n) is 11.8. The number of nitrogens with one attached hydrogen (secondary N) is 1. The summed E-state index contributed by atoms with van der Waals surface area (Å²) in [5, 5.41) is 3.72. The van der Waals surface area contributed by atoms with Gasteiger partial charge in [0.15, 0.2) is 0 Å². The second-order valence-corrected chi connectivity index (χ2v) is 7.61. The van der Waals surface area contributed by atoms with Crippen LogP contribution in [0.15, 0.2) is 24.3 Å². The topological polar surface area (TPSA) is 38.3 Å². The SMILES string of the molecule is COc1ccccc1NC(=O)CCCC[C@H]1CCSS1. The van der Waals surface area contributed by atoms with Gasteiger partial charge in [-0.1, -0.05) is 40.1 Å². The average Bonchev–Trinajstić information content (AvgIpc) is 2.97. The molecule has 0 radical (unpaired) electrons. The van der Waals surface area contributed by atoms with E-state index < -0.39 is 0 Å². The van der Waals surface area contributed by atoms with Crippen molar-refractivity contribution in [3.8, 4) is 5.75 Å². The minimum atomic E-state index is 0.0722. The Morgan fingerprint density at radius 1 is 1.40 bits per heavy atom. The first-order valence-electron chi connectivity index (χ1n) is 7.00. The van der Waals surface area contributed by atoms with Gasteiger partial charge in [0.2, 0.25) is 5.91 Å². The molecule has 1 N–H and O–H groups in total. The van der Waals surface area contributed by atoms with Crippen LogP contribution in [0.25, 0.3) is 0 Å². The summed E-state index contributed by atoms with van der Waals surface area (Å²) in [7, 11) is 5.60. The van der Waals surface area contributed by atoms with Crippen LogP contribution in [0.5, 0.6) is 5.75 Å². The molecule has 5 heteroatoms. The van der Waals surface area contributed by atoms with Crippen LogP contribution >= 0.6 is 21.6 Å². The molecule has 1 aromatic carbocycles. The predicted molar refractivity (Wildman–Crippen MR) is 88.5 cm³/mol. The van der Waals surface area contributed by atoms with E-state index >= 15 is 0 Å². The van der Waals surface area contributed by atoms with E-state index in [9.17, 15) is 4.79 Å². The van der Waals surface area contributed by atoms with E-state index in [0.717, 1.165) is 23.8 Å². The lowest BCUT2D eigenvalue weighted by Crippen LogP contribution is -2.12. The molecule has 110 valence electrons. The van der Waals surface area contributed by atoms with Crippen molar-refractivity contribution < 1.29 is 9.53 Å². The van der Waals surface area contributed by atoms with Crippen molar-refractivity contribution in [2.45, 2.75) is 37.4 Å². The summed E-state index contributed by atoms with van der Waals surface area (Å²) >= 11 is 0. The molecule has 0 saturated carbocycles. The lowest BCUT2D eigenvalue weighted by atomic mass is 10.1. The molecule has 0 bridgehead atoms. The summed E-state index contributed by atoms with van der Waals surface area (Å²) < 4.78 is 5.22. The maximum Gasteiger partial charge on any atom is 0.224 e. The number of carbonyl (C=O) groups is 1. The summed E-state index contributed by atoms with van der Waals surface area (Å²) in [4.78, 5) is 11.9. The van der Waals surface area contributed by atoms with E-state index in [1.54, 1.807) is 7.11 Å². The predicted octanol–water partition coefficient (Wildman–Crippen LogP) is 4.35. The molecule has 0 spiro atoms. The number of ether oxygens (including phenoxy) is 1. The van der Waals surface area contributed by atoms with Gasteiger partial charge < -0.3 is 10.1 Å². The number of amides is 1. The standard InChI is InChI=1S/C15H21NO2S2/c1-18-14-8-4-3-7-13(14)16-15(17)9-5-2-6-12-10-11-19-20-12/h3-4,7-8,12H,2,5-6,9-11H2,1H3,(H,16,17)/t12-/m0/s1. The molecule has 1 heterocycles. The van der Waals surface area contributed by atoms with Gasteiger partial charge in [-0.2, -0.15) is 0 Å². The number of para-hydroxylation sites is 2. The van der Waals surface area contributed by atoms with Crippen molar-refractivity contribution in [3.63, 3.8) is 0 Å². The highest BCUT2D eigenvalue weighted by molar-refractivity contribution is 8.77. The van der Waals surface area contributed by atoms with Gasteiger partial charge >= 0.3 is 0 Å². The number of anilines is 1. The quantitative estimate of drug-likeness (QED) is 0.600. The fourth-order valence-corrected chi connectivity index (χ4v) is 5.21. The molecule has 1 fully saturated rings. The van der Waals surface area contributed by atoms with Crippen LogP contribution in [0.2, 0.25) is 0 Å². The Kier molecular flexibility index (Phi) is 6.60. The summed E-state index contributed by atoms with van der Waals surface area (Å²) in [6.07, 6.45) is 5.24. The van der Waals surface area contributed by atoms with Crippen molar-refractivity contribution >= 4 is 33.2 Å². The van der Waals surface area contributed by atoms with Gasteiger partial charge in [0.1, 0.15) is 5.75 Å². The molecule has 1 amide bonds. The van der Waals surface area contributed by atoms with Crippen LogP contribution in [0.3, 0.4) is 0 Å². The Morgan fingerprint density at radius 2 is 2.25 bits per heavy atom. The van der Waals surface area contributed by atoms with E-state index in [0.29, 0.717) is 12.2 Å². The van der Waals surface area contributed by atoms with Crippen molar-refractivity contribution in [1.29, 1.82) is 0 Å². The van der Waals surface area contributed by atoms with Gasteiger partial charge in [-0.15, -0.1) is 0 Å². The third kappa shape index (κ3) is 4.94. The van der Waals surface area contributed by atoms with Crippen LogP contribution in [-0.4, -0.2) is 24.0 Å².